The van der Waals surface area contributed by atoms with Crippen molar-refractivity contribution in [3.05, 3.63) is 161 Å². The maximum atomic E-state index is 6.55. The summed E-state index contributed by atoms with van der Waals surface area (Å²) in [5.41, 5.74) is 15.4. The number of para-hydroxylation sites is 3. The molecule has 1 aliphatic heterocycles. The molecule has 3 heteroatoms. The number of furan rings is 1. The minimum absolute atomic E-state index is 0.155. The van der Waals surface area contributed by atoms with Gasteiger partial charge in [0.15, 0.2) is 0 Å². The molecule has 49 heavy (non-hydrogen) atoms. The average molecular weight is 635 g/mol. The first-order chi connectivity index (χ1) is 23.9. The molecule has 3 heterocycles. The van der Waals surface area contributed by atoms with Crippen LogP contribution in [0.4, 0.5) is 11.4 Å². The van der Waals surface area contributed by atoms with Crippen LogP contribution in [-0.4, -0.2) is 10.6 Å². The van der Waals surface area contributed by atoms with Gasteiger partial charge in [-0.15, -0.1) is 0 Å². The highest BCUT2D eigenvalue weighted by Crippen LogP contribution is 2.53. The summed E-state index contributed by atoms with van der Waals surface area (Å²) < 4.78 is 9.03. The predicted octanol–water partition coefficient (Wildman–Crippen LogP) is 12.1. The lowest BCUT2D eigenvalue weighted by atomic mass is 9.79. The lowest BCUT2D eigenvalue weighted by molar-refractivity contribution is 0.483. The zero-order valence-electron chi connectivity index (χ0n) is 28.2. The third-order valence-electron chi connectivity index (χ3n) is 11.1. The van der Waals surface area contributed by atoms with Gasteiger partial charge in [-0.05, 0) is 77.4 Å². The summed E-state index contributed by atoms with van der Waals surface area (Å²) in [6.45, 7) is 7.00. The van der Waals surface area contributed by atoms with Crippen molar-refractivity contribution in [2.24, 2.45) is 5.41 Å². The van der Waals surface area contributed by atoms with Crippen LogP contribution in [0.2, 0.25) is 0 Å². The van der Waals surface area contributed by atoms with E-state index in [0.717, 1.165) is 24.2 Å². The number of hydrogen-bond donors (Lipinski definition) is 0. The molecule has 0 bridgehead atoms. The summed E-state index contributed by atoms with van der Waals surface area (Å²) in [6.07, 6.45) is 9.26. The summed E-state index contributed by atoms with van der Waals surface area (Å²) in [7, 11) is 0. The van der Waals surface area contributed by atoms with Gasteiger partial charge in [-0.1, -0.05) is 123 Å². The largest absolute Gasteiger partial charge is 0.460 e. The molecular formula is C46H38N2O. The molecule has 3 nitrogen and oxygen atoms in total. The van der Waals surface area contributed by atoms with Crippen LogP contribution in [0.5, 0.6) is 0 Å². The first-order valence-electron chi connectivity index (χ1n) is 17.6. The van der Waals surface area contributed by atoms with E-state index in [1.54, 1.807) is 0 Å². The first kappa shape index (κ1) is 28.5. The van der Waals surface area contributed by atoms with Crippen LogP contribution in [0.25, 0.3) is 50.8 Å². The van der Waals surface area contributed by atoms with Gasteiger partial charge in [0.25, 0.3) is 0 Å². The average Bonchev–Trinajstić information content (AvgIpc) is 3.79. The van der Waals surface area contributed by atoms with Gasteiger partial charge in [-0.2, -0.15) is 0 Å². The molecule has 0 amide bonds. The molecule has 2 aromatic heterocycles. The Bertz CT molecular complexity index is 2480. The number of rotatable bonds is 3. The normalized spacial score (nSPS) is 17.9. The van der Waals surface area contributed by atoms with Crippen LogP contribution in [0.15, 0.2) is 137 Å². The molecule has 3 aliphatic rings. The molecule has 5 aromatic carbocycles. The Morgan fingerprint density at radius 3 is 2.10 bits per heavy atom. The van der Waals surface area contributed by atoms with Crippen molar-refractivity contribution >= 4 is 45.4 Å². The van der Waals surface area contributed by atoms with Crippen molar-refractivity contribution in [3.8, 4) is 16.8 Å². The van der Waals surface area contributed by atoms with Gasteiger partial charge >= 0.3 is 0 Å². The number of benzene rings is 5. The highest BCUT2D eigenvalue weighted by molar-refractivity contribution is 5.94. The van der Waals surface area contributed by atoms with Crippen LogP contribution >= 0.6 is 0 Å². The van der Waals surface area contributed by atoms with Gasteiger partial charge in [-0.3, -0.25) is 0 Å². The van der Waals surface area contributed by atoms with Crippen molar-refractivity contribution in [2.75, 3.05) is 4.90 Å². The number of nitrogens with zero attached hydrogens (tertiary/aromatic N) is 2. The molecule has 0 N–H and O–H groups in total. The maximum Gasteiger partial charge on any atom is 0.134 e. The highest BCUT2D eigenvalue weighted by atomic mass is 16.3. The summed E-state index contributed by atoms with van der Waals surface area (Å²) in [4.78, 5) is 2.49. The van der Waals surface area contributed by atoms with E-state index in [2.05, 4.69) is 170 Å². The lowest BCUT2D eigenvalue weighted by Gasteiger charge is -2.30. The molecule has 0 spiro atoms. The quantitative estimate of drug-likeness (QED) is 0.193. The standard InChI is InChI=1S/C46H38N2O/c1-46(2,3)31-20-26-41-38(28-31)34-10-4-7-13-39(34)47(41)32-21-16-29(17-22-32)30-18-23-33(24-19-30)48-40-14-8-5-12-37(40)44-42(48)27-25-36-35-11-6-9-15-43(35)49-45(36)44/h4-19,21-25,27-28,42,44H,20,26H2,1-3H3. The minimum atomic E-state index is 0.155. The number of fused-ring (bicyclic) bond motifs is 10. The van der Waals surface area contributed by atoms with Crippen molar-refractivity contribution in [1.29, 1.82) is 0 Å². The second-order valence-corrected chi connectivity index (χ2v) is 14.9. The van der Waals surface area contributed by atoms with Crippen molar-refractivity contribution in [2.45, 2.75) is 45.6 Å². The van der Waals surface area contributed by atoms with E-state index in [1.165, 1.54) is 72.4 Å². The van der Waals surface area contributed by atoms with Crippen LogP contribution in [0.1, 0.15) is 61.3 Å². The zero-order chi connectivity index (χ0) is 32.9. The molecule has 0 radical (unpaired) electrons. The van der Waals surface area contributed by atoms with Gasteiger partial charge in [0.05, 0.1) is 17.5 Å². The second kappa shape index (κ2) is 10.5. The number of aromatic nitrogens is 1. The molecule has 0 saturated carbocycles. The molecule has 0 saturated heterocycles. The zero-order valence-corrected chi connectivity index (χ0v) is 28.2. The predicted molar refractivity (Wildman–Crippen MR) is 204 cm³/mol. The molecule has 0 fully saturated rings. The van der Waals surface area contributed by atoms with E-state index in [9.17, 15) is 0 Å². The van der Waals surface area contributed by atoms with Crippen LogP contribution in [0.3, 0.4) is 0 Å². The Morgan fingerprint density at radius 1 is 0.653 bits per heavy atom. The van der Waals surface area contributed by atoms with E-state index >= 15 is 0 Å². The maximum absolute atomic E-state index is 6.55. The number of hydrogen-bond acceptors (Lipinski definition) is 2. The van der Waals surface area contributed by atoms with Crippen LogP contribution in [-0.2, 0) is 6.42 Å². The SMILES string of the molecule is CC(C)(C)C1=Cc2c(n(-c3ccc(-c4ccc(N5c6ccccc6C6c7oc8ccccc8c7C=CC65)cc4)cc3)c3ccccc23)CC1. The molecule has 2 atom stereocenters. The number of anilines is 2. The fraction of sp³-hybridized carbons (Fsp3) is 0.174. The van der Waals surface area contributed by atoms with Gasteiger partial charge in [0.1, 0.15) is 11.3 Å². The summed E-state index contributed by atoms with van der Waals surface area (Å²) >= 11 is 0. The topological polar surface area (TPSA) is 21.3 Å². The fourth-order valence-electron chi connectivity index (χ4n) is 8.68. The Labute approximate surface area is 287 Å². The van der Waals surface area contributed by atoms with Gasteiger partial charge < -0.3 is 13.9 Å². The Balaban J connectivity index is 0.983. The van der Waals surface area contributed by atoms with Crippen molar-refractivity contribution in [3.63, 3.8) is 0 Å². The molecule has 2 aliphatic carbocycles. The molecular weight excluding hydrogens is 597 g/mol. The first-order valence-corrected chi connectivity index (χ1v) is 17.6. The Hall–Kier alpha value is -5.54. The Morgan fingerprint density at radius 2 is 1.33 bits per heavy atom. The van der Waals surface area contributed by atoms with Gasteiger partial charge in [0, 0.05) is 44.7 Å². The van der Waals surface area contributed by atoms with E-state index in [1.807, 2.05) is 0 Å². The van der Waals surface area contributed by atoms with Crippen molar-refractivity contribution in [1.82, 2.24) is 4.57 Å². The van der Waals surface area contributed by atoms with E-state index < -0.39 is 0 Å². The summed E-state index contributed by atoms with van der Waals surface area (Å²) in [5, 5.41) is 2.53. The smallest absolute Gasteiger partial charge is 0.134 e. The third kappa shape index (κ3) is 4.28. The Kier molecular flexibility index (Phi) is 6.09. The fourth-order valence-corrected chi connectivity index (χ4v) is 8.68. The minimum Gasteiger partial charge on any atom is -0.460 e. The van der Waals surface area contributed by atoms with E-state index in [4.69, 9.17) is 4.42 Å². The molecule has 10 rings (SSSR count). The number of allylic oxidation sites excluding steroid dienone is 1. The van der Waals surface area contributed by atoms with E-state index in [0.29, 0.717) is 0 Å². The highest BCUT2D eigenvalue weighted by Gasteiger charge is 2.43. The molecule has 238 valence electrons. The van der Waals surface area contributed by atoms with E-state index in [-0.39, 0.29) is 17.4 Å². The third-order valence-corrected chi connectivity index (χ3v) is 11.1. The lowest BCUT2D eigenvalue weighted by Crippen LogP contribution is -2.30. The van der Waals surface area contributed by atoms with Crippen molar-refractivity contribution < 1.29 is 4.42 Å². The van der Waals surface area contributed by atoms with Crippen LogP contribution in [0, 0.1) is 5.41 Å². The molecule has 2 unspecified atom stereocenters. The van der Waals surface area contributed by atoms with Gasteiger partial charge in [0.2, 0.25) is 0 Å². The summed E-state index contributed by atoms with van der Waals surface area (Å²) in [6, 6.07) is 44.5. The summed E-state index contributed by atoms with van der Waals surface area (Å²) in [5.74, 6) is 1.23. The second-order valence-electron chi connectivity index (χ2n) is 14.9. The molecule has 7 aromatic rings. The van der Waals surface area contributed by atoms with Crippen LogP contribution < -0.4 is 4.90 Å². The van der Waals surface area contributed by atoms with Gasteiger partial charge in [-0.25, -0.2) is 0 Å². The monoisotopic (exact) mass is 634 g/mol.